The molecule has 1 saturated carbocycles. The van der Waals surface area contributed by atoms with E-state index in [0.717, 1.165) is 22.9 Å². The molecule has 23 heavy (non-hydrogen) atoms. The quantitative estimate of drug-likeness (QED) is 0.621. The second-order valence-electron chi connectivity index (χ2n) is 6.65. The molecule has 1 aliphatic carbocycles. The largest absolute Gasteiger partial charge is 0.344 e. The molecule has 1 aromatic carbocycles. The van der Waals surface area contributed by atoms with Gasteiger partial charge in [-0.3, -0.25) is 4.98 Å². The van der Waals surface area contributed by atoms with Crippen molar-refractivity contribution in [2.24, 2.45) is 0 Å². The average Bonchev–Trinajstić information content (AvgIpc) is 3.06. The number of aromatic nitrogens is 2. The van der Waals surface area contributed by atoms with Crippen LogP contribution in [0.2, 0.25) is 0 Å². The Kier molecular flexibility index (Phi) is 3.64. The maximum Gasteiger partial charge on any atom is 0.132 e. The monoisotopic (exact) mass is 308 g/mol. The first-order valence-electron chi connectivity index (χ1n) is 8.39. The van der Waals surface area contributed by atoms with Gasteiger partial charge in [-0.05, 0) is 67.5 Å². The lowest BCUT2D eigenvalue weighted by molar-refractivity contribution is 0.325. The van der Waals surface area contributed by atoms with Crippen LogP contribution in [-0.2, 0) is 0 Å². The van der Waals surface area contributed by atoms with Crippen molar-refractivity contribution in [2.45, 2.75) is 44.6 Å². The van der Waals surface area contributed by atoms with Gasteiger partial charge < -0.3 is 4.57 Å². The van der Waals surface area contributed by atoms with Gasteiger partial charge in [0.05, 0.1) is 5.52 Å². The molecule has 3 aromatic rings. The van der Waals surface area contributed by atoms with Gasteiger partial charge in [-0.15, -0.1) is 0 Å². The summed E-state index contributed by atoms with van der Waals surface area (Å²) in [5.74, 6) is 0.453. The third-order valence-electron chi connectivity index (χ3n) is 5.24. The number of halogens is 1. The molecule has 0 spiro atoms. The van der Waals surface area contributed by atoms with Crippen LogP contribution in [-0.4, -0.2) is 9.55 Å². The van der Waals surface area contributed by atoms with Gasteiger partial charge in [0.2, 0.25) is 0 Å². The zero-order chi connectivity index (χ0) is 15.8. The van der Waals surface area contributed by atoms with E-state index < -0.39 is 0 Å². The number of pyridine rings is 1. The van der Waals surface area contributed by atoms with E-state index in [1.165, 1.54) is 24.8 Å². The zero-order valence-corrected chi connectivity index (χ0v) is 13.4. The Morgan fingerprint density at radius 2 is 1.91 bits per heavy atom. The fraction of sp³-hybridized carbons (Fsp3) is 0.350. The maximum absolute atomic E-state index is 14.1. The molecular formula is C20H21FN2. The molecule has 3 heteroatoms. The van der Waals surface area contributed by atoms with E-state index in [9.17, 15) is 4.39 Å². The summed E-state index contributed by atoms with van der Waals surface area (Å²) >= 11 is 0. The number of rotatable bonds is 2. The normalized spacial score (nSPS) is 21.7. The second kappa shape index (κ2) is 5.80. The van der Waals surface area contributed by atoms with Crippen molar-refractivity contribution in [1.82, 2.24) is 9.55 Å². The number of hydrogen-bond donors (Lipinski definition) is 0. The summed E-state index contributed by atoms with van der Waals surface area (Å²) < 4.78 is 16.4. The van der Waals surface area contributed by atoms with Crippen molar-refractivity contribution >= 4 is 10.9 Å². The van der Waals surface area contributed by atoms with E-state index in [2.05, 4.69) is 34.8 Å². The Labute approximate surface area is 136 Å². The van der Waals surface area contributed by atoms with Crippen molar-refractivity contribution in [3.8, 4) is 0 Å². The summed E-state index contributed by atoms with van der Waals surface area (Å²) in [6, 6.07) is 10.1. The summed E-state index contributed by atoms with van der Waals surface area (Å²) in [6.07, 6.45) is 10.6. The first-order chi connectivity index (χ1) is 11.2. The molecule has 0 aliphatic heterocycles. The Morgan fingerprint density at radius 3 is 2.74 bits per heavy atom. The van der Waals surface area contributed by atoms with Gasteiger partial charge >= 0.3 is 0 Å². The Morgan fingerprint density at radius 1 is 1.09 bits per heavy atom. The average molecular weight is 308 g/mol. The van der Waals surface area contributed by atoms with Crippen LogP contribution in [0.15, 0.2) is 48.9 Å². The fourth-order valence-corrected chi connectivity index (χ4v) is 4.08. The molecule has 0 radical (unpaired) electrons. The summed E-state index contributed by atoms with van der Waals surface area (Å²) in [6.45, 7) is 2.07. The van der Waals surface area contributed by atoms with Crippen molar-refractivity contribution in [3.05, 3.63) is 65.9 Å². The Bertz CT molecular complexity index is 822. The van der Waals surface area contributed by atoms with E-state index in [-0.39, 0.29) is 5.82 Å². The van der Waals surface area contributed by atoms with Crippen LogP contribution in [0.4, 0.5) is 4.39 Å². The summed E-state index contributed by atoms with van der Waals surface area (Å²) in [5.41, 5.74) is 3.59. The highest BCUT2D eigenvalue weighted by molar-refractivity contribution is 5.84. The molecule has 0 unspecified atom stereocenters. The van der Waals surface area contributed by atoms with E-state index in [4.69, 9.17) is 0 Å². The van der Waals surface area contributed by atoms with Gasteiger partial charge in [0.25, 0.3) is 0 Å². The van der Waals surface area contributed by atoms with Crippen LogP contribution in [0.5, 0.6) is 0 Å². The molecule has 2 heterocycles. The van der Waals surface area contributed by atoms with Gasteiger partial charge in [-0.2, -0.15) is 0 Å². The standard InChI is InChI=1S/C20H21FN2/c1-14-5-6-19(21)18-9-12-23(20(14)18)17-4-2-3-16(13-17)15-7-10-22-11-8-15/h5-12,16-17H,2-4,13H2,1H3/t16-,17-/m1/s1. The van der Waals surface area contributed by atoms with E-state index in [1.54, 1.807) is 6.07 Å². The van der Waals surface area contributed by atoms with Gasteiger partial charge in [0.15, 0.2) is 0 Å². The third kappa shape index (κ3) is 2.54. The first kappa shape index (κ1) is 14.4. The Balaban J connectivity index is 1.70. The van der Waals surface area contributed by atoms with Gasteiger partial charge in [0, 0.05) is 30.0 Å². The molecule has 2 nitrogen and oxygen atoms in total. The zero-order valence-electron chi connectivity index (χ0n) is 13.4. The van der Waals surface area contributed by atoms with Crippen molar-refractivity contribution in [1.29, 1.82) is 0 Å². The highest BCUT2D eigenvalue weighted by Crippen LogP contribution is 2.40. The smallest absolute Gasteiger partial charge is 0.132 e. The van der Waals surface area contributed by atoms with Gasteiger partial charge in [-0.25, -0.2) is 4.39 Å². The second-order valence-corrected chi connectivity index (χ2v) is 6.65. The molecule has 1 aliphatic rings. The predicted octanol–water partition coefficient (Wildman–Crippen LogP) is 5.38. The highest BCUT2D eigenvalue weighted by atomic mass is 19.1. The highest BCUT2D eigenvalue weighted by Gasteiger charge is 2.25. The van der Waals surface area contributed by atoms with Crippen LogP contribution in [0, 0.1) is 12.7 Å². The maximum atomic E-state index is 14.1. The minimum Gasteiger partial charge on any atom is -0.344 e. The lowest BCUT2D eigenvalue weighted by Gasteiger charge is -2.31. The van der Waals surface area contributed by atoms with E-state index in [0.29, 0.717) is 12.0 Å². The van der Waals surface area contributed by atoms with Crippen LogP contribution in [0.1, 0.15) is 48.8 Å². The molecule has 2 atom stereocenters. The lowest BCUT2D eigenvalue weighted by Crippen LogP contribution is -2.18. The van der Waals surface area contributed by atoms with Crippen LogP contribution in [0.3, 0.4) is 0 Å². The molecule has 0 amide bonds. The molecule has 118 valence electrons. The predicted molar refractivity (Wildman–Crippen MR) is 91.1 cm³/mol. The molecule has 0 N–H and O–H groups in total. The lowest BCUT2D eigenvalue weighted by atomic mass is 9.81. The summed E-state index contributed by atoms with van der Waals surface area (Å²) in [7, 11) is 0. The van der Waals surface area contributed by atoms with Crippen molar-refractivity contribution < 1.29 is 4.39 Å². The molecular weight excluding hydrogens is 287 g/mol. The minimum absolute atomic E-state index is 0.120. The van der Waals surface area contributed by atoms with Crippen LogP contribution >= 0.6 is 0 Å². The van der Waals surface area contributed by atoms with Crippen LogP contribution in [0.25, 0.3) is 10.9 Å². The number of fused-ring (bicyclic) bond motifs is 1. The van der Waals surface area contributed by atoms with Crippen molar-refractivity contribution in [2.75, 3.05) is 0 Å². The third-order valence-corrected chi connectivity index (χ3v) is 5.24. The SMILES string of the molecule is Cc1ccc(F)c2ccn([C@@H]3CCC[C@@H](c4ccncc4)C3)c12. The number of nitrogens with zero attached hydrogens (tertiary/aromatic N) is 2. The molecule has 0 bridgehead atoms. The number of hydrogen-bond acceptors (Lipinski definition) is 1. The molecule has 2 aromatic heterocycles. The summed E-state index contributed by atoms with van der Waals surface area (Å²) in [5, 5.41) is 0.746. The first-order valence-corrected chi connectivity index (χ1v) is 8.39. The van der Waals surface area contributed by atoms with Crippen LogP contribution < -0.4 is 0 Å². The fourth-order valence-electron chi connectivity index (χ4n) is 4.08. The minimum atomic E-state index is -0.120. The number of benzene rings is 1. The molecule has 0 saturated heterocycles. The Hall–Kier alpha value is -2.16. The van der Waals surface area contributed by atoms with E-state index >= 15 is 0 Å². The topological polar surface area (TPSA) is 17.8 Å². The molecule has 4 rings (SSSR count). The van der Waals surface area contributed by atoms with Gasteiger partial charge in [-0.1, -0.05) is 12.5 Å². The van der Waals surface area contributed by atoms with Gasteiger partial charge in [0.1, 0.15) is 5.82 Å². The molecule has 1 fully saturated rings. The van der Waals surface area contributed by atoms with E-state index in [1.807, 2.05) is 24.5 Å². The number of aryl methyl sites for hydroxylation is 1. The van der Waals surface area contributed by atoms with Crippen molar-refractivity contribution in [3.63, 3.8) is 0 Å². The summed E-state index contributed by atoms with van der Waals surface area (Å²) in [4.78, 5) is 4.12.